The number of fused-ring (bicyclic) bond motifs is 6. The first-order valence-electron chi connectivity index (χ1n) is 23.8. The van der Waals surface area contributed by atoms with Gasteiger partial charge in [0.15, 0.2) is 23.0 Å². The van der Waals surface area contributed by atoms with E-state index in [0.717, 1.165) is 25.7 Å². The van der Waals surface area contributed by atoms with E-state index in [9.17, 15) is 24.9 Å². The van der Waals surface area contributed by atoms with E-state index in [1.54, 1.807) is 48.1 Å². The molecule has 0 bridgehead atoms. The molecule has 3 unspecified atom stereocenters. The highest BCUT2D eigenvalue weighted by Gasteiger charge is 2.63. The standard InChI is InChI=1S/C55H74O10/c1-51(2)45-23-26-53(5)33-36-15-21-44-52(3,4)48(25-27-54(44,6)39(36)18-22-46(53)55(45,7)28-24-47(51)63-10)65-50(60)32-49(59)64-41-20-14-35(30-43(41)62-9)12-17-38(57)31-37(56)16-11-34-13-19-40(58)42(29-34)61-8/h11-17,19-20,29-31,37,39,44-48,56-58H,18,21-28,32-33H2,1-10H3/b16-11+,17-12+,38-31-/t37?,39-,44-,45?,46?,47+,48+,53-,54+,55-/m0/s1. The summed E-state index contributed by atoms with van der Waals surface area (Å²) in [7, 11) is 4.81. The van der Waals surface area contributed by atoms with Crippen LogP contribution in [-0.2, 0) is 19.1 Å². The summed E-state index contributed by atoms with van der Waals surface area (Å²) < 4.78 is 28.5. The number of phenols is 1. The molecule has 0 amide bonds. The fourth-order valence-corrected chi connectivity index (χ4v) is 14.4. The maximum atomic E-state index is 13.5. The number of esters is 2. The predicted octanol–water partition coefficient (Wildman–Crippen LogP) is 11.6. The lowest BCUT2D eigenvalue weighted by Crippen LogP contribution is -2.58. The van der Waals surface area contributed by atoms with E-state index in [-0.39, 0.29) is 45.4 Å². The van der Waals surface area contributed by atoms with E-state index in [1.807, 2.05) is 7.11 Å². The van der Waals surface area contributed by atoms with Gasteiger partial charge in [0, 0.05) is 12.5 Å². The van der Waals surface area contributed by atoms with Crippen LogP contribution in [-0.4, -0.2) is 66.9 Å². The molecule has 0 saturated heterocycles. The number of methoxy groups -OCH3 is 3. The van der Waals surface area contributed by atoms with Crippen LogP contribution in [0.25, 0.3) is 12.2 Å². The smallest absolute Gasteiger partial charge is 0.322 e. The van der Waals surface area contributed by atoms with Gasteiger partial charge in [-0.05, 0) is 157 Å². The van der Waals surface area contributed by atoms with Gasteiger partial charge in [-0.2, -0.15) is 0 Å². The molecule has 0 aromatic heterocycles. The molecule has 2 aromatic carbocycles. The minimum Gasteiger partial charge on any atom is -0.508 e. The lowest BCUT2D eigenvalue weighted by Gasteiger charge is -2.64. The molecule has 2 aromatic rings. The van der Waals surface area contributed by atoms with Crippen LogP contribution in [0.5, 0.6) is 23.0 Å². The van der Waals surface area contributed by atoms with Gasteiger partial charge < -0.3 is 39.0 Å². The summed E-state index contributed by atoms with van der Waals surface area (Å²) in [6.45, 7) is 17.2. The molecule has 0 radical (unpaired) electrons. The molecule has 10 atom stereocenters. The Balaban J connectivity index is 0.946. The van der Waals surface area contributed by atoms with Crippen molar-refractivity contribution >= 4 is 24.1 Å². The minimum absolute atomic E-state index is 0.00990. The zero-order valence-electron chi connectivity index (χ0n) is 40.4. The number of ether oxygens (including phenoxy) is 5. The molecule has 10 heteroatoms. The molecular weight excluding hydrogens is 821 g/mol. The number of rotatable bonds is 12. The number of phenolic OH excluding ortho intramolecular Hbond substituents is 1. The van der Waals surface area contributed by atoms with Crippen molar-refractivity contribution in [2.24, 2.45) is 50.7 Å². The summed E-state index contributed by atoms with van der Waals surface area (Å²) in [6.07, 6.45) is 19.7. The Kier molecular flexibility index (Phi) is 13.9. The summed E-state index contributed by atoms with van der Waals surface area (Å²) in [5, 5.41) is 30.6. The molecule has 65 heavy (non-hydrogen) atoms. The topological polar surface area (TPSA) is 141 Å². The Hall–Kier alpha value is -4.54. The quantitative estimate of drug-likeness (QED) is 0.0471. The Morgan fingerprint density at radius 1 is 0.738 bits per heavy atom. The number of hydrogen-bond acceptors (Lipinski definition) is 10. The van der Waals surface area contributed by atoms with Crippen LogP contribution in [0.4, 0.5) is 0 Å². The van der Waals surface area contributed by atoms with Gasteiger partial charge in [0.1, 0.15) is 18.3 Å². The molecule has 5 aliphatic carbocycles. The van der Waals surface area contributed by atoms with Crippen molar-refractivity contribution in [1.29, 1.82) is 0 Å². The lowest BCUT2D eigenvalue weighted by molar-refractivity contribution is -0.178. The van der Waals surface area contributed by atoms with Crippen LogP contribution in [0.3, 0.4) is 0 Å². The van der Waals surface area contributed by atoms with E-state index in [4.69, 9.17) is 23.7 Å². The maximum Gasteiger partial charge on any atom is 0.322 e. The third-order valence-electron chi connectivity index (χ3n) is 17.5. The van der Waals surface area contributed by atoms with E-state index in [0.29, 0.717) is 57.5 Å². The van der Waals surface area contributed by atoms with E-state index in [2.05, 4.69) is 54.5 Å². The fourth-order valence-electron chi connectivity index (χ4n) is 14.4. The summed E-state index contributed by atoms with van der Waals surface area (Å²) in [5.74, 6) is 1.43. The van der Waals surface area contributed by atoms with Crippen LogP contribution in [0.1, 0.15) is 130 Å². The lowest BCUT2D eigenvalue weighted by atomic mass is 9.42. The van der Waals surface area contributed by atoms with Gasteiger partial charge in [-0.15, -0.1) is 0 Å². The average molecular weight is 895 g/mol. The second kappa shape index (κ2) is 18.6. The van der Waals surface area contributed by atoms with Crippen molar-refractivity contribution in [3.05, 3.63) is 83.2 Å². The maximum absolute atomic E-state index is 13.5. The highest BCUT2D eigenvalue weighted by atomic mass is 16.6. The number of hydrogen-bond donors (Lipinski definition) is 3. The summed E-state index contributed by atoms with van der Waals surface area (Å²) >= 11 is 0. The van der Waals surface area contributed by atoms with E-state index in [1.165, 1.54) is 77.0 Å². The summed E-state index contributed by atoms with van der Waals surface area (Å²) in [6, 6.07) is 9.67. The van der Waals surface area contributed by atoms with Crippen LogP contribution in [0.2, 0.25) is 0 Å². The van der Waals surface area contributed by atoms with Gasteiger partial charge in [0.2, 0.25) is 0 Å². The van der Waals surface area contributed by atoms with Crippen molar-refractivity contribution in [3.8, 4) is 23.0 Å². The Morgan fingerprint density at radius 3 is 2.12 bits per heavy atom. The molecule has 354 valence electrons. The van der Waals surface area contributed by atoms with Crippen molar-refractivity contribution < 1.29 is 48.6 Å². The van der Waals surface area contributed by atoms with Gasteiger partial charge in [-0.1, -0.05) is 90.5 Å². The molecule has 4 saturated carbocycles. The third-order valence-corrected chi connectivity index (χ3v) is 17.5. The largest absolute Gasteiger partial charge is 0.508 e. The zero-order chi connectivity index (χ0) is 47.1. The van der Waals surface area contributed by atoms with Gasteiger partial charge in [-0.25, -0.2) is 0 Å². The summed E-state index contributed by atoms with van der Waals surface area (Å²) in [5.41, 5.74) is 3.58. The first-order valence-corrected chi connectivity index (χ1v) is 23.8. The number of carbonyl (C=O) groups is 2. The summed E-state index contributed by atoms with van der Waals surface area (Å²) in [4.78, 5) is 26.6. The molecule has 0 heterocycles. The Bertz CT molecular complexity index is 2220. The third kappa shape index (κ3) is 9.41. The molecule has 0 aliphatic heterocycles. The zero-order valence-corrected chi connectivity index (χ0v) is 40.4. The van der Waals surface area contributed by atoms with Crippen molar-refractivity contribution in [3.63, 3.8) is 0 Å². The molecule has 7 rings (SSSR count). The number of allylic oxidation sites excluding steroid dienone is 3. The number of aliphatic hydroxyl groups is 2. The number of benzene rings is 2. The first kappa shape index (κ1) is 48.4. The highest BCUT2D eigenvalue weighted by molar-refractivity contribution is 5.92. The fraction of sp³-hybridized carbons (Fsp3) is 0.600. The number of aliphatic hydroxyl groups excluding tert-OH is 2. The van der Waals surface area contributed by atoms with Crippen LogP contribution in [0, 0.1) is 50.7 Å². The van der Waals surface area contributed by atoms with Crippen molar-refractivity contribution in [1.82, 2.24) is 0 Å². The molecule has 3 N–H and O–H groups in total. The van der Waals surface area contributed by atoms with Crippen molar-refractivity contribution in [2.75, 3.05) is 21.3 Å². The second-order valence-electron chi connectivity index (χ2n) is 21.9. The normalized spacial score (nSPS) is 33.3. The first-order chi connectivity index (χ1) is 30.7. The van der Waals surface area contributed by atoms with Gasteiger partial charge in [-0.3, -0.25) is 9.59 Å². The SMILES string of the molecule is COc1cc(/C=C/C(O)/C=C(O)/C=C/c2ccc(OC(=O)CC(=O)O[C@@H]3CC[C@]4(C)[C@H]5CCC6[C@@](C)(CCC7C(C)(C)[C@H](OC)CC[C@@]76C)CC5=CC[C@H]4C3(C)C)c(OC)c2)ccc1O. The number of carbonyl (C=O) groups excluding carboxylic acids is 2. The van der Waals surface area contributed by atoms with Crippen LogP contribution in [0.15, 0.2) is 72.0 Å². The van der Waals surface area contributed by atoms with E-state index < -0.39 is 24.5 Å². The predicted molar refractivity (Wildman–Crippen MR) is 253 cm³/mol. The molecule has 0 spiro atoms. The molecule has 5 aliphatic rings. The molecule has 10 nitrogen and oxygen atoms in total. The molecular formula is C55H74O10. The highest BCUT2D eigenvalue weighted by Crippen LogP contribution is 2.70. The number of aromatic hydroxyl groups is 1. The van der Waals surface area contributed by atoms with Crippen LogP contribution >= 0.6 is 0 Å². The van der Waals surface area contributed by atoms with Gasteiger partial charge in [0.25, 0.3) is 0 Å². The van der Waals surface area contributed by atoms with Crippen molar-refractivity contribution in [2.45, 2.75) is 137 Å². The van der Waals surface area contributed by atoms with Gasteiger partial charge in [0.05, 0.1) is 26.4 Å². The Morgan fingerprint density at radius 2 is 1.40 bits per heavy atom. The van der Waals surface area contributed by atoms with E-state index >= 15 is 0 Å². The Labute approximate surface area is 387 Å². The average Bonchev–Trinajstić information content (AvgIpc) is 3.41. The van der Waals surface area contributed by atoms with Crippen LogP contribution < -0.4 is 14.2 Å². The second-order valence-corrected chi connectivity index (χ2v) is 21.9. The monoisotopic (exact) mass is 895 g/mol. The molecule has 4 fully saturated rings. The minimum atomic E-state index is -1.09. The van der Waals surface area contributed by atoms with Gasteiger partial charge >= 0.3 is 11.9 Å².